The Morgan fingerprint density at radius 1 is 0.287 bits per heavy atom. The lowest BCUT2D eigenvalue weighted by Crippen LogP contribution is -2.28. The van der Waals surface area contributed by atoms with E-state index in [-0.39, 0.29) is 25.2 Å². The van der Waals surface area contributed by atoms with Gasteiger partial charge in [-0.25, -0.2) is 0 Å². The minimum atomic E-state index is -0.780. The van der Waals surface area contributed by atoms with Crippen molar-refractivity contribution in [3.05, 3.63) is 122 Å². The highest BCUT2D eigenvalue weighted by molar-refractivity contribution is 5.70. The van der Waals surface area contributed by atoms with Crippen LogP contribution in [0.4, 0.5) is 0 Å². The Morgan fingerprint density at radius 2 is 0.500 bits per heavy atom. The van der Waals surface area contributed by atoms with E-state index in [4.69, 9.17) is 9.47 Å². The van der Waals surface area contributed by atoms with E-state index in [9.17, 15) is 14.7 Å². The summed E-state index contributed by atoms with van der Waals surface area (Å²) in [5.74, 6) is -0.589. The van der Waals surface area contributed by atoms with Crippen LogP contribution in [0.2, 0.25) is 0 Å². The molecule has 1 atom stereocenters. The van der Waals surface area contributed by atoms with Crippen molar-refractivity contribution in [3.63, 3.8) is 0 Å². The molecule has 0 rings (SSSR count). The molecule has 0 heterocycles. The molecule has 0 radical (unpaired) electrons. The van der Waals surface area contributed by atoms with Gasteiger partial charge in [-0.15, -0.1) is 0 Å². The Bertz CT molecular complexity index is 1590. The van der Waals surface area contributed by atoms with Crippen molar-refractivity contribution in [2.75, 3.05) is 13.2 Å². The molecule has 458 valence electrons. The summed E-state index contributed by atoms with van der Waals surface area (Å²) in [6, 6.07) is 0. The van der Waals surface area contributed by atoms with Gasteiger partial charge in [-0.1, -0.05) is 328 Å². The first-order chi connectivity index (χ1) is 39.6. The van der Waals surface area contributed by atoms with Crippen molar-refractivity contribution in [2.45, 2.75) is 328 Å². The number of aliphatic hydroxyl groups is 1. The number of rotatable bonds is 62. The highest BCUT2D eigenvalue weighted by atomic mass is 16.6. The molecule has 0 spiro atoms. The van der Waals surface area contributed by atoms with Crippen molar-refractivity contribution in [1.29, 1.82) is 0 Å². The molecule has 0 bridgehead atoms. The van der Waals surface area contributed by atoms with Crippen LogP contribution in [0.25, 0.3) is 0 Å². The van der Waals surface area contributed by atoms with Crippen LogP contribution in [-0.2, 0) is 19.1 Å². The van der Waals surface area contributed by atoms with E-state index in [1.165, 1.54) is 193 Å². The molecule has 0 saturated carbocycles. The molecular formula is C75H128O5. The molecule has 0 aromatic heterocycles. The van der Waals surface area contributed by atoms with Crippen LogP contribution in [0.1, 0.15) is 322 Å². The molecule has 0 amide bonds. The molecule has 0 aromatic rings. The third-order valence-corrected chi connectivity index (χ3v) is 14.8. The molecule has 0 saturated heterocycles. The van der Waals surface area contributed by atoms with E-state index in [2.05, 4.69) is 135 Å². The Balaban J connectivity index is 3.44. The van der Waals surface area contributed by atoms with E-state index in [0.717, 1.165) is 103 Å². The van der Waals surface area contributed by atoms with Gasteiger partial charge >= 0.3 is 11.9 Å². The third-order valence-electron chi connectivity index (χ3n) is 14.8. The summed E-state index contributed by atoms with van der Waals surface area (Å²) < 4.78 is 10.7. The molecule has 80 heavy (non-hydrogen) atoms. The zero-order valence-corrected chi connectivity index (χ0v) is 52.6. The lowest BCUT2D eigenvalue weighted by Gasteiger charge is -2.15. The van der Waals surface area contributed by atoms with Gasteiger partial charge < -0.3 is 14.6 Å². The maximum atomic E-state index is 12.4. The Hall–Kier alpha value is -3.70. The van der Waals surface area contributed by atoms with Crippen molar-refractivity contribution in [3.8, 4) is 0 Å². The van der Waals surface area contributed by atoms with Gasteiger partial charge in [-0.05, 0) is 103 Å². The number of allylic oxidation sites excluding steroid dienone is 20. The van der Waals surface area contributed by atoms with Crippen LogP contribution in [0, 0.1) is 0 Å². The quantitative estimate of drug-likeness (QED) is 0.0373. The van der Waals surface area contributed by atoms with Crippen LogP contribution in [0.5, 0.6) is 0 Å². The van der Waals surface area contributed by atoms with Gasteiger partial charge in [-0.3, -0.25) is 9.59 Å². The zero-order valence-electron chi connectivity index (χ0n) is 52.6. The molecule has 0 aliphatic carbocycles. The number of carbonyl (C=O) groups is 2. The highest BCUT2D eigenvalue weighted by Gasteiger charge is 2.16. The van der Waals surface area contributed by atoms with Gasteiger partial charge in [0.05, 0.1) is 6.61 Å². The van der Waals surface area contributed by atoms with Crippen LogP contribution in [-0.4, -0.2) is 36.4 Å². The van der Waals surface area contributed by atoms with Crippen LogP contribution >= 0.6 is 0 Å². The molecule has 1 N–H and O–H groups in total. The predicted octanol–water partition coefficient (Wildman–Crippen LogP) is 23.8. The number of hydrogen-bond donors (Lipinski definition) is 1. The summed E-state index contributed by atoms with van der Waals surface area (Å²) in [7, 11) is 0. The number of hydrogen-bond acceptors (Lipinski definition) is 5. The predicted molar refractivity (Wildman–Crippen MR) is 352 cm³/mol. The third kappa shape index (κ3) is 66.8. The minimum Gasteiger partial charge on any atom is -0.462 e. The minimum absolute atomic E-state index is 0.0710. The van der Waals surface area contributed by atoms with Gasteiger partial charge in [0.25, 0.3) is 0 Å². The second kappa shape index (κ2) is 69.6. The first-order valence-corrected chi connectivity index (χ1v) is 34.1. The van der Waals surface area contributed by atoms with Crippen LogP contribution < -0.4 is 0 Å². The van der Waals surface area contributed by atoms with Gasteiger partial charge in [0, 0.05) is 12.8 Å². The molecule has 0 aromatic carbocycles. The Labute approximate surface area is 496 Å². The fourth-order valence-corrected chi connectivity index (χ4v) is 9.73. The Morgan fingerprint density at radius 3 is 0.750 bits per heavy atom. The number of carbonyl (C=O) groups excluding carboxylic acids is 2. The van der Waals surface area contributed by atoms with Crippen LogP contribution in [0.15, 0.2) is 122 Å². The second-order valence-corrected chi connectivity index (χ2v) is 22.5. The monoisotopic (exact) mass is 1110 g/mol. The maximum absolute atomic E-state index is 12.4. The maximum Gasteiger partial charge on any atom is 0.306 e. The molecule has 5 heteroatoms. The smallest absolute Gasteiger partial charge is 0.306 e. The summed E-state index contributed by atoms with van der Waals surface area (Å²) in [5.41, 5.74) is 0. The fourth-order valence-electron chi connectivity index (χ4n) is 9.73. The average molecular weight is 1110 g/mol. The average Bonchev–Trinajstić information content (AvgIpc) is 3.46. The zero-order chi connectivity index (χ0) is 57.6. The highest BCUT2D eigenvalue weighted by Crippen LogP contribution is 2.18. The lowest BCUT2D eigenvalue weighted by molar-refractivity contribution is -0.161. The van der Waals surface area contributed by atoms with Gasteiger partial charge in [-0.2, -0.15) is 0 Å². The summed E-state index contributed by atoms with van der Waals surface area (Å²) >= 11 is 0. The molecule has 0 aliphatic rings. The SMILES string of the molecule is CC/C=C\C/C=C\C/C=C\C/C=C\C/C=C\CCCCCCCCCCCCCCCCCCCCCCCCCCCC(=O)OC(CO)COC(=O)CCCCCCCCCCC/C=C\C/C=C\C/C=C\C/C=C\C/C=C\CC. The molecule has 1 unspecified atom stereocenters. The first-order valence-electron chi connectivity index (χ1n) is 34.1. The largest absolute Gasteiger partial charge is 0.462 e. The van der Waals surface area contributed by atoms with E-state index in [1.54, 1.807) is 0 Å². The lowest BCUT2D eigenvalue weighted by atomic mass is 10.0. The normalized spacial score (nSPS) is 13.0. The summed E-state index contributed by atoms with van der Waals surface area (Å²) in [6.07, 6.45) is 102. The Kier molecular flexibility index (Phi) is 66.4. The van der Waals surface area contributed by atoms with Crippen molar-refractivity contribution in [1.82, 2.24) is 0 Å². The van der Waals surface area contributed by atoms with Crippen molar-refractivity contribution < 1.29 is 24.2 Å². The summed E-state index contributed by atoms with van der Waals surface area (Å²) in [6.45, 7) is 3.93. The van der Waals surface area contributed by atoms with Gasteiger partial charge in [0.1, 0.15) is 6.61 Å². The van der Waals surface area contributed by atoms with Crippen molar-refractivity contribution >= 4 is 11.9 Å². The number of unbranched alkanes of at least 4 members (excludes halogenated alkanes) is 34. The number of ether oxygens (including phenoxy) is 2. The van der Waals surface area contributed by atoms with E-state index < -0.39 is 6.10 Å². The van der Waals surface area contributed by atoms with Gasteiger partial charge in [0.15, 0.2) is 6.10 Å². The number of aliphatic hydroxyl groups excluding tert-OH is 1. The molecule has 0 aliphatic heterocycles. The number of esters is 2. The molecule has 0 fully saturated rings. The van der Waals surface area contributed by atoms with E-state index in [0.29, 0.717) is 12.8 Å². The standard InChI is InChI=1S/C75H128O5/c1-3-5-7-9-11-13-15-17-19-21-23-25-27-29-30-31-32-33-34-35-36-37-38-39-40-41-42-43-44-46-48-50-52-54-56-58-60-62-64-66-68-70-75(78)80-73(71-76)72-79-74(77)69-67-65-63-61-59-57-55-53-51-49-47-45-28-26-24-22-20-18-16-14-12-10-8-6-4-2/h5-8,11-14,17-20,23-26,29-30,45,47,73,76H,3-4,9-10,15-16,21-22,27-28,31-44,46,48-72H2,1-2H3/b7-5-,8-6-,13-11-,14-12-,19-17-,20-18-,25-23-,26-24-,30-29-,47-45-. The van der Waals surface area contributed by atoms with E-state index in [1.807, 2.05) is 0 Å². The topological polar surface area (TPSA) is 72.8 Å². The van der Waals surface area contributed by atoms with Crippen LogP contribution in [0.3, 0.4) is 0 Å². The van der Waals surface area contributed by atoms with E-state index >= 15 is 0 Å². The second-order valence-electron chi connectivity index (χ2n) is 22.5. The van der Waals surface area contributed by atoms with Gasteiger partial charge in [0.2, 0.25) is 0 Å². The van der Waals surface area contributed by atoms with Crippen molar-refractivity contribution in [2.24, 2.45) is 0 Å². The molecular weight excluding hydrogens is 981 g/mol. The molecule has 5 nitrogen and oxygen atoms in total. The summed E-state index contributed by atoms with van der Waals surface area (Å²) in [4.78, 5) is 24.6. The fraction of sp³-hybridized carbons (Fsp3) is 0.707. The summed E-state index contributed by atoms with van der Waals surface area (Å²) in [5, 5.41) is 9.69. The first kappa shape index (κ1) is 76.3.